The van der Waals surface area contributed by atoms with Crippen molar-refractivity contribution < 1.29 is 5.11 Å². The molecule has 1 aliphatic carbocycles. The van der Waals surface area contributed by atoms with Gasteiger partial charge in [-0.25, -0.2) is 0 Å². The Balaban J connectivity index is 2.42. The molecule has 1 aliphatic rings. The lowest BCUT2D eigenvalue weighted by Gasteiger charge is -2.35. The first-order valence-electron chi connectivity index (χ1n) is 5.43. The molecule has 1 unspecified atom stereocenters. The molecule has 3 heteroatoms. The molecule has 14 heavy (non-hydrogen) atoms. The third-order valence-corrected chi connectivity index (χ3v) is 3.04. The number of aliphatic hydroxyl groups excluding tert-OH is 1. The van der Waals surface area contributed by atoms with Crippen LogP contribution in [0.5, 0.6) is 0 Å². The number of aliphatic hydroxyl groups is 1. The van der Waals surface area contributed by atoms with E-state index in [9.17, 15) is 5.11 Å². The number of hydrogen-bond donors (Lipinski definition) is 1. The molecule has 0 aliphatic heterocycles. The molecular weight excluding hydrogens is 176 g/mol. The van der Waals surface area contributed by atoms with E-state index >= 15 is 0 Å². The van der Waals surface area contributed by atoms with E-state index in [-0.39, 0.29) is 18.1 Å². The second kappa shape index (κ2) is 5.33. The van der Waals surface area contributed by atoms with Crippen molar-refractivity contribution in [2.75, 3.05) is 13.6 Å². The first kappa shape index (κ1) is 11.5. The average Bonchev–Trinajstić information content (AvgIpc) is 2.18. The van der Waals surface area contributed by atoms with E-state index in [4.69, 9.17) is 5.26 Å². The lowest BCUT2D eigenvalue weighted by atomic mass is 9.91. The highest BCUT2D eigenvalue weighted by Gasteiger charge is 2.26. The molecule has 80 valence electrons. The van der Waals surface area contributed by atoms with Crippen LogP contribution >= 0.6 is 0 Å². The molecule has 0 radical (unpaired) electrons. The van der Waals surface area contributed by atoms with Gasteiger partial charge in [0.05, 0.1) is 18.1 Å². The fourth-order valence-electron chi connectivity index (χ4n) is 2.21. The van der Waals surface area contributed by atoms with Crippen molar-refractivity contribution in [2.24, 2.45) is 5.92 Å². The maximum Gasteiger partial charge on any atom is 0.0695 e. The topological polar surface area (TPSA) is 47.3 Å². The SMILES string of the molecule is CC(C#N)CN(C)[C@@H]1CCCC[C@H]1O. The summed E-state index contributed by atoms with van der Waals surface area (Å²) >= 11 is 0. The van der Waals surface area contributed by atoms with Crippen molar-refractivity contribution >= 4 is 0 Å². The zero-order chi connectivity index (χ0) is 10.6. The molecule has 0 aromatic rings. The third kappa shape index (κ3) is 2.97. The highest BCUT2D eigenvalue weighted by molar-refractivity contribution is 4.86. The van der Waals surface area contributed by atoms with Gasteiger partial charge in [-0.15, -0.1) is 0 Å². The van der Waals surface area contributed by atoms with Crippen LogP contribution in [0.1, 0.15) is 32.6 Å². The summed E-state index contributed by atoms with van der Waals surface area (Å²) in [5.41, 5.74) is 0. The first-order chi connectivity index (χ1) is 6.65. The molecule has 1 N–H and O–H groups in total. The van der Waals surface area contributed by atoms with E-state index in [1.807, 2.05) is 14.0 Å². The zero-order valence-electron chi connectivity index (χ0n) is 9.11. The maximum absolute atomic E-state index is 9.80. The predicted octanol–water partition coefficient (Wildman–Crippen LogP) is 1.38. The van der Waals surface area contributed by atoms with Crippen LogP contribution in [0.25, 0.3) is 0 Å². The van der Waals surface area contributed by atoms with E-state index < -0.39 is 0 Å². The van der Waals surface area contributed by atoms with Crippen molar-refractivity contribution in [1.29, 1.82) is 5.26 Å². The quantitative estimate of drug-likeness (QED) is 0.742. The Morgan fingerprint density at radius 3 is 2.71 bits per heavy atom. The molecule has 1 rings (SSSR count). The molecule has 0 aromatic carbocycles. The van der Waals surface area contributed by atoms with Crippen LogP contribution in [0.4, 0.5) is 0 Å². The van der Waals surface area contributed by atoms with Gasteiger partial charge in [0.15, 0.2) is 0 Å². The summed E-state index contributed by atoms with van der Waals surface area (Å²) in [4.78, 5) is 2.14. The van der Waals surface area contributed by atoms with Crippen LogP contribution in [0.2, 0.25) is 0 Å². The van der Waals surface area contributed by atoms with Gasteiger partial charge < -0.3 is 5.11 Å². The smallest absolute Gasteiger partial charge is 0.0695 e. The van der Waals surface area contributed by atoms with Crippen molar-refractivity contribution in [3.8, 4) is 6.07 Å². The van der Waals surface area contributed by atoms with Gasteiger partial charge in [0.2, 0.25) is 0 Å². The third-order valence-electron chi connectivity index (χ3n) is 3.04. The van der Waals surface area contributed by atoms with Crippen molar-refractivity contribution in [2.45, 2.75) is 44.8 Å². The van der Waals surface area contributed by atoms with Gasteiger partial charge in [-0.2, -0.15) is 5.26 Å². The molecule has 0 aromatic heterocycles. The maximum atomic E-state index is 9.80. The number of nitrogens with zero attached hydrogens (tertiary/aromatic N) is 2. The van der Waals surface area contributed by atoms with Gasteiger partial charge >= 0.3 is 0 Å². The molecule has 0 bridgehead atoms. The molecule has 1 fully saturated rings. The second-order valence-corrected chi connectivity index (χ2v) is 4.39. The number of nitriles is 1. The summed E-state index contributed by atoms with van der Waals surface area (Å²) in [6.45, 7) is 2.68. The Morgan fingerprint density at radius 2 is 2.14 bits per heavy atom. The largest absolute Gasteiger partial charge is 0.391 e. The second-order valence-electron chi connectivity index (χ2n) is 4.39. The van der Waals surface area contributed by atoms with Crippen LogP contribution in [-0.2, 0) is 0 Å². The van der Waals surface area contributed by atoms with Gasteiger partial charge in [0.25, 0.3) is 0 Å². The molecule has 0 spiro atoms. The Bertz CT molecular complexity index is 212. The van der Waals surface area contributed by atoms with Gasteiger partial charge in [-0.1, -0.05) is 12.8 Å². The van der Waals surface area contributed by atoms with Gasteiger partial charge in [-0.05, 0) is 26.8 Å². The molecule has 0 saturated heterocycles. The highest BCUT2D eigenvalue weighted by Crippen LogP contribution is 2.22. The number of hydrogen-bond acceptors (Lipinski definition) is 3. The average molecular weight is 196 g/mol. The predicted molar refractivity (Wildman–Crippen MR) is 55.7 cm³/mol. The molecular formula is C11H20N2O. The van der Waals surface area contributed by atoms with Crippen LogP contribution in [0, 0.1) is 17.2 Å². The van der Waals surface area contributed by atoms with E-state index in [0.717, 1.165) is 25.8 Å². The molecule has 3 atom stereocenters. The van der Waals surface area contributed by atoms with Crippen LogP contribution in [0.3, 0.4) is 0 Å². The molecule has 1 saturated carbocycles. The Morgan fingerprint density at radius 1 is 1.50 bits per heavy atom. The van der Waals surface area contributed by atoms with Gasteiger partial charge in [0, 0.05) is 12.6 Å². The summed E-state index contributed by atoms with van der Waals surface area (Å²) < 4.78 is 0. The Kier molecular flexibility index (Phi) is 4.37. The minimum absolute atomic E-state index is 0.0501. The summed E-state index contributed by atoms with van der Waals surface area (Å²) in [5, 5.41) is 18.5. The molecule has 0 amide bonds. The summed E-state index contributed by atoms with van der Waals surface area (Å²) in [6, 6.07) is 2.49. The van der Waals surface area contributed by atoms with Crippen molar-refractivity contribution in [3.63, 3.8) is 0 Å². The fourth-order valence-corrected chi connectivity index (χ4v) is 2.21. The zero-order valence-corrected chi connectivity index (χ0v) is 9.11. The number of likely N-dealkylation sites (N-methyl/N-ethyl adjacent to an activating group) is 1. The Labute approximate surface area is 86.3 Å². The summed E-state index contributed by atoms with van der Waals surface area (Å²) in [5.74, 6) is 0.0501. The minimum Gasteiger partial charge on any atom is -0.391 e. The van der Waals surface area contributed by atoms with Gasteiger partial charge in [-0.3, -0.25) is 4.90 Å². The monoisotopic (exact) mass is 196 g/mol. The lowest BCUT2D eigenvalue weighted by Crippen LogP contribution is -2.44. The van der Waals surface area contributed by atoms with E-state index in [2.05, 4.69) is 11.0 Å². The van der Waals surface area contributed by atoms with Crippen LogP contribution < -0.4 is 0 Å². The van der Waals surface area contributed by atoms with E-state index in [0.29, 0.717) is 0 Å². The summed E-state index contributed by atoms with van der Waals surface area (Å²) in [6.07, 6.45) is 4.12. The van der Waals surface area contributed by atoms with Gasteiger partial charge in [0.1, 0.15) is 0 Å². The summed E-state index contributed by atoms with van der Waals surface area (Å²) in [7, 11) is 2.01. The van der Waals surface area contributed by atoms with Crippen molar-refractivity contribution in [3.05, 3.63) is 0 Å². The van der Waals surface area contributed by atoms with E-state index in [1.54, 1.807) is 0 Å². The van der Waals surface area contributed by atoms with Crippen LogP contribution in [-0.4, -0.2) is 35.7 Å². The van der Waals surface area contributed by atoms with E-state index in [1.165, 1.54) is 6.42 Å². The lowest BCUT2D eigenvalue weighted by molar-refractivity contribution is 0.0293. The molecule has 3 nitrogen and oxygen atoms in total. The minimum atomic E-state index is -0.195. The fraction of sp³-hybridized carbons (Fsp3) is 0.909. The normalized spacial score (nSPS) is 29.9. The highest BCUT2D eigenvalue weighted by atomic mass is 16.3. The van der Waals surface area contributed by atoms with Crippen molar-refractivity contribution in [1.82, 2.24) is 4.90 Å². The Hall–Kier alpha value is -0.590. The molecule has 0 heterocycles. The standard InChI is InChI=1S/C11H20N2O/c1-9(7-12)8-13(2)10-5-3-4-6-11(10)14/h9-11,14H,3-6,8H2,1-2H3/t9?,10-,11-/m1/s1. The first-order valence-corrected chi connectivity index (χ1v) is 5.43. The number of rotatable bonds is 3. The van der Waals surface area contributed by atoms with Crippen LogP contribution in [0.15, 0.2) is 0 Å².